The van der Waals surface area contributed by atoms with Crippen LogP contribution in [-0.2, 0) is 16.1 Å². The van der Waals surface area contributed by atoms with Crippen LogP contribution in [0.25, 0.3) is 11.3 Å². The van der Waals surface area contributed by atoms with Crippen molar-refractivity contribution >= 4 is 35.2 Å². The number of halogens is 1. The van der Waals surface area contributed by atoms with Crippen LogP contribution in [0.5, 0.6) is 0 Å². The van der Waals surface area contributed by atoms with Crippen molar-refractivity contribution in [1.29, 1.82) is 0 Å². The lowest BCUT2D eigenvalue weighted by molar-refractivity contribution is -0.122. The van der Waals surface area contributed by atoms with E-state index >= 15 is 0 Å². The largest absolute Gasteiger partial charge is 0.381 e. The van der Waals surface area contributed by atoms with Crippen LogP contribution >= 0.6 is 11.6 Å². The van der Waals surface area contributed by atoms with Crippen LogP contribution < -0.4 is 15.5 Å². The van der Waals surface area contributed by atoms with Crippen molar-refractivity contribution in [2.24, 2.45) is 0 Å². The second kappa shape index (κ2) is 12.8. The molecule has 3 aliphatic rings. The number of likely N-dealkylation sites (N-methyl/N-ethyl adjacent to an activating group) is 1. The molecule has 3 aromatic rings. The fourth-order valence-corrected chi connectivity index (χ4v) is 5.93. The molecule has 0 saturated carbocycles. The summed E-state index contributed by atoms with van der Waals surface area (Å²) in [6.07, 6.45) is 3.35. The van der Waals surface area contributed by atoms with Crippen LogP contribution in [0.2, 0.25) is 5.02 Å². The highest BCUT2D eigenvalue weighted by Gasteiger charge is 2.30. The molecule has 1 aromatic carbocycles. The summed E-state index contributed by atoms with van der Waals surface area (Å²) < 4.78 is 5.43. The lowest BCUT2D eigenvalue weighted by Gasteiger charge is -2.33. The Hall–Kier alpha value is -3.80. The Morgan fingerprint density at radius 3 is 2.70 bits per heavy atom. The number of ether oxygens (including phenoxy) is 1. The van der Waals surface area contributed by atoms with E-state index in [-0.39, 0.29) is 30.4 Å². The van der Waals surface area contributed by atoms with E-state index in [0.29, 0.717) is 42.0 Å². The Morgan fingerprint density at radius 1 is 1.12 bits per heavy atom. The van der Waals surface area contributed by atoms with Gasteiger partial charge in [0.1, 0.15) is 12.4 Å². The molecule has 2 aromatic heterocycles. The fraction of sp³-hybridized carbons (Fsp3) is 0.452. The standard InChI is InChI=1S/C31H37ClN8O3/c1-20(26-4-3-5-27(36-26)39-12-10-38(2)11-13-39)34-28(41)19-40-18-22-7-6-21(16-24(22)30(40)42)29-25(32)17-33-31(37-29)35-23-8-14-43-15-9-23/h3-7,16-17,20,23H,8-15,18-19H2,1-2H3,(H,34,41)(H,33,35,37). The van der Waals surface area contributed by atoms with Crippen molar-refractivity contribution < 1.29 is 14.3 Å². The topological polar surface area (TPSA) is 116 Å². The number of benzene rings is 1. The molecule has 11 nitrogen and oxygen atoms in total. The van der Waals surface area contributed by atoms with Gasteiger partial charge in [-0.3, -0.25) is 9.59 Å². The Labute approximate surface area is 256 Å². The third kappa shape index (κ3) is 6.74. The molecule has 0 spiro atoms. The summed E-state index contributed by atoms with van der Waals surface area (Å²) in [6.45, 7) is 7.48. The zero-order valence-corrected chi connectivity index (χ0v) is 25.3. The molecule has 0 radical (unpaired) electrons. The maximum absolute atomic E-state index is 13.4. The highest BCUT2D eigenvalue weighted by Crippen LogP contribution is 2.32. The number of hydrogen-bond donors (Lipinski definition) is 2. The van der Waals surface area contributed by atoms with Gasteiger partial charge in [0.15, 0.2) is 0 Å². The molecular formula is C31H37ClN8O3. The molecule has 1 atom stereocenters. The van der Waals surface area contributed by atoms with E-state index in [4.69, 9.17) is 21.3 Å². The maximum atomic E-state index is 13.4. The average Bonchev–Trinajstić information content (AvgIpc) is 3.32. The first-order valence-electron chi connectivity index (χ1n) is 14.8. The number of carbonyl (C=O) groups excluding carboxylic acids is 2. The molecular weight excluding hydrogens is 568 g/mol. The van der Waals surface area contributed by atoms with Gasteiger partial charge in [-0.15, -0.1) is 0 Å². The molecule has 2 amide bonds. The first kappa shape index (κ1) is 29.3. The van der Waals surface area contributed by atoms with Crippen molar-refractivity contribution in [3.05, 3.63) is 64.4 Å². The van der Waals surface area contributed by atoms with Crippen LogP contribution in [0.3, 0.4) is 0 Å². The van der Waals surface area contributed by atoms with Crippen LogP contribution in [0.15, 0.2) is 42.6 Å². The summed E-state index contributed by atoms with van der Waals surface area (Å²) in [5.41, 5.74) is 3.48. The first-order valence-corrected chi connectivity index (χ1v) is 15.2. The Bertz CT molecular complexity index is 1490. The number of nitrogens with zero attached hydrogens (tertiary/aromatic N) is 6. The zero-order valence-electron chi connectivity index (χ0n) is 24.6. The molecule has 12 heteroatoms. The monoisotopic (exact) mass is 604 g/mol. The summed E-state index contributed by atoms with van der Waals surface area (Å²) in [6, 6.07) is 11.5. The van der Waals surface area contributed by atoms with E-state index in [1.807, 2.05) is 37.3 Å². The average molecular weight is 605 g/mol. The highest BCUT2D eigenvalue weighted by molar-refractivity contribution is 6.33. The van der Waals surface area contributed by atoms with Gasteiger partial charge in [0, 0.05) is 63.1 Å². The van der Waals surface area contributed by atoms with Gasteiger partial charge < -0.3 is 30.1 Å². The van der Waals surface area contributed by atoms with E-state index in [1.165, 1.54) is 0 Å². The molecule has 2 fully saturated rings. The predicted molar refractivity (Wildman–Crippen MR) is 165 cm³/mol. The minimum atomic E-state index is -0.296. The van der Waals surface area contributed by atoms with Gasteiger partial charge in [0.2, 0.25) is 11.9 Å². The Balaban J connectivity index is 1.09. The number of fused-ring (bicyclic) bond motifs is 1. The van der Waals surface area contributed by atoms with Crippen LogP contribution in [0.1, 0.15) is 47.4 Å². The van der Waals surface area contributed by atoms with E-state index in [2.05, 4.69) is 37.4 Å². The number of pyridine rings is 1. The number of hydrogen-bond acceptors (Lipinski definition) is 9. The van der Waals surface area contributed by atoms with Crippen LogP contribution in [0.4, 0.5) is 11.8 Å². The van der Waals surface area contributed by atoms with Crippen molar-refractivity contribution in [1.82, 2.24) is 30.1 Å². The summed E-state index contributed by atoms with van der Waals surface area (Å²) in [4.78, 5) is 46.4. The van der Waals surface area contributed by atoms with E-state index < -0.39 is 0 Å². The van der Waals surface area contributed by atoms with Crippen molar-refractivity contribution in [2.45, 2.75) is 38.4 Å². The number of aromatic nitrogens is 3. The summed E-state index contributed by atoms with van der Waals surface area (Å²) >= 11 is 6.49. The number of carbonyl (C=O) groups is 2. The molecule has 0 aliphatic carbocycles. The Morgan fingerprint density at radius 2 is 1.91 bits per heavy atom. The quantitative estimate of drug-likeness (QED) is 0.399. The summed E-state index contributed by atoms with van der Waals surface area (Å²) in [5.74, 6) is 0.987. The van der Waals surface area contributed by atoms with Gasteiger partial charge in [-0.2, -0.15) is 0 Å². The molecule has 6 rings (SSSR count). The molecule has 43 heavy (non-hydrogen) atoms. The molecule has 1 unspecified atom stereocenters. The smallest absolute Gasteiger partial charge is 0.254 e. The van der Waals surface area contributed by atoms with E-state index in [1.54, 1.807) is 17.2 Å². The van der Waals surface area contributed by atoms with Crippen molar-refractivity contribution in [3.8, 4) is 11.3 Å². The second-order valence-corrected chi connectivity index (χ2v) is 11.9. The van der Waals surface area contributed by atoms with Crippen LogP contribution in [0, 0.1) is 0 Å². The van der Waals surface area contributed by atoms with Gasteiger partial charge in [-0.25, -0.2) is 15.0 Å². The normalized spacial score (nSPS) is 18.4. The number of rotatable bonds is 8. The van der Waals surface area contributed by atoms with E-state index in [0.717, 1.165) is 61.7 Å². The first-order chi connectivity index (χ1) is 20.8. The third-order valence-electron chi connectivity index (χ3n) is 8.30. The molecule has 2 saturated heterocycles. The summed E-state index contributed by atoms with van der Waals surface area (Å²) in [5, 5.41) is 6.79. The number of anilines is 2. The Kier molecular flexibility index (Phi) is 8.73. The number of piperazine rings is 1. The summed E-state index contributed by atoms with van der Waals surface area (Å²) in [7, 11) is 2.12. The lowest BCUT2D eigenvalue weighted by atomic mass is 10.0. The van der Waals surface area contributed by atoms with Gasteiger partial charge >= 0.3 is 0 Å². The second-order valence-electron chi connectivity index (χ2n) is 11.5. The maximum Gasteiger partial charge on any atom is 0.254 e. The highest BCUT2D eigenvalue weighted by atomic mass is 35.5. The minimum Gasteiger partial charge on any atom is -0.381 e. The van der Waals surface area contributed by atoms with Gasteiger partial charge in [-0.1, -0.05) is 29.8 Å². The van der Waals surface area contributed by atoms with Crippen molar-refractivity contribution in [3.63, 3.8) is 0 Å². The third-order valence-corrected chi connectivity index (χ3v) is 8.58. The van der Waals surface area contributed by atoms with E-state index in [9.17, 15) is 9.59 Å². The molecule has 226 valence electrons. The SMILES string of the molecule is CC(NC(=O)CN1Cc2ccc(-c3nc(NC4CCOCC4)ncc3Cl)cc2C1=O)c1cccc(N2CCN(C)CC2)n1. The number of nitrogens with one attached hydrogen (secondary N) is 2. The molecule has 0 bridgehead atoms. The predicted octanol–water partition coefficient (Wildman–Crippen LogP) is 3.37. The number of amides is 2. The lowest BCUT2D eigenvalue weighted by Crippen LogP contribution is -2.45. The zero-order chi connectivity index (χ0) is 29.9. The van der Waals surface area contributed by atoms with Crippen molar-refractivity contribution in [2.75, 3.05) is 63.2 Å². The van der Waals surface area contributed by atoms with Gasteiger partial charge in [0.05, 0.1) is 28.6 Å². The molecule has 3 aliphatic heterocycles. The van der Waals surface area contributed by atoms with Gasteiger partial charge in [-0.05, 0) is 50.6 Å². The molecule has 2 N–H and O–H groups in total. The van der Waals surface area contributed by atoms with Gasteiger partial charge in [0.25, 0.3) is 5.91 Å². The fourth-order valence-electron chi connectivity index (χ4n) is 5.73. The van der Waals surface area contributed by atoms with Crippen LogP contribution in [-0.4, -0.2) is 95.6 Å². The molecule has 5 heterocycles. The minimum absolute atomic E-state index is 0.0429.